The van der Waals surface area contributed by atoms with Gasteiger partial charge in [0.1, 0.15) is 5.57 Å². The zero-order valence-electron chi connectivity index (χ0n) is 14.0. The smallest absolute Gasteiger partial charge is 0.267 e. The molecule has 2 amide bonds. The van der Waals surface area contributed by atoms with E-state index in [1.807, 2.05) is 42.5 Å². The highest BCUT2D eigenvalue weighted by atomic mass is 16.2. The number of amides is 2. The lowest BCUT2D eigenvalue weighted by atomic mass is 9.86. The second kappa shape index (κ2) is 5.96. The molecule has 122 valence electrons. The van der Waals surface area contributed by atoms with Crippen LogP contribution in [-0.4, -0.2) is 11.8 Å². The minimum Gasteiger partial charge on any atom is -0.267 e. The predicted molar refractivity (Wildman–Crippen MR) is 95.2 cm³/mol. The molecule has 2 aromatic carbocycles. The van der Waals surface area contributed by atoms with Crippen molar-refractivity contribution in [3.63, 3.8) is 0 Å². The van der Waals surface area contributed by atoms with E-state index in [4.69, 9.17) is 0 Å². The standard InChI is InChI=1S/C20H20N2O2/c1-20(2,3)15-11-9-14(10-12-15)13-17-18(23)21-22(19(17)24)16-7-5-4-6-8-16/h4-13H,1-3H3,(H,21,23)/b17-13+. The van der Waals surface area contributed by atoms with Crippen LogP contribution in [-0.2, 0) is 15.0 Å². The summed E-state index contributed by atoms with van der Waals surface area (Å²) < 4.78 is 0. The number of nitrogens with one attached hydrogen (secondary N) is 1. The number of hydrogen-bond donors (Lipinski definition) is 1. The summed E-state index contributed by atoms with van der Waals surface area (Å²) in [5.41, 5.74) is 5.49. The highest BCUT2D eigenvalue weighted by Crippen LogP contribution is 2.24. The molecule has 0 bridgehead atoms. The van der Waals surface area contributed by atoms with Crippen LogP contribution in [0.25, 0.3) is 6.08 Å². The van der Waals surface area contributed by atoms with Crippen molar-refractivity contribution in [3.05, 3.63) is 71.3 Å². The molecule has 0 radical (unpaired) electrons. The second-order valence-corrected chi connectivity index (χ2v) is 6.85. The third-order valence-corrected chi connectivity index (χ3v) is 3.99. The van der Waals surface area contributed by atoms with Crippen LogP contribution in [0.1, 0.15) is 31.9 Å². The molecule has 3 rings (SSSR count). The Morgan fingerprint density at radius 2 is 1.54 bits per heavy atom. The van der Waals surface area contributed by atoms with Crippen LogP contribution in [0, 0.1) is 0 Å². The molecule has 0 aromatic heterocycles. The van der Waals surface area contributed by atoms with Crippen molar-refractivity contribution >= 4 is 23.6 Å². The summed E-state index contributed by atoms with van der Waals surface area (Å²) in [5.74, 6) is -0.727. The van der Waals surface area contributed by atoms with Crippen LogP contribution in [0.2, 0.25) is 0 Å². The molecule has 0 spiro atoms. The zero-order valence-corrected chi connectivity index (χ0v) is 14.0. The van der Waals surface area contributed by atoms with Crippen LogP contribution in [0.3, 0.4) is 0 Å². The van der Waals surface area contributed by atoms with E-state index in [1.165, 1.54) is 10.6 Å². The van der Waals surface area contributed by atoms with Gasteiger partial charge in [0.15, 0.2) is 0 Å². The third kappa shape index (κ3) is 3.08. The zero-order chi connectivity index (χ0) is 17.3. The highest BCUT2D eigenvalue weighted by molar-refractivity contribution is 6.31. The SMILES string of the molecule is CC(C)(C)c1ccc(/C=C2\C(=O)NN(c3ccccc3)C2=O)cc1. The van der Waals surface area contributed by atoms with E-state index in [2.05, 4.69) is 26.2 Å². The lowest BCUT2D eigenvalue weighted by molar-refractivity contribution is -0.117. The van der Waals surface area contributed by atoms with Gasteiger partial charge >= 0.3 is 0 Å². The van der Waals surface area contributed by atoms with Crippen molar-refractivity contribution < 1.29 is 9.59 Å². The highest BCUT2D eigenvalue weighted by Gasteiger charge is 2.34. The fraction of sp³-hybridized carbons (Fsp3) is 0.200. The second-order valence-electron chi connectivity index (χ2n) is 6.85. The number of para-hydroxylation sites is 1. The fourth-order valence-corrected chi connectivity index (χ4v) is 2.56. The maximum atomic E-state index is 12.5. The van der Waals surface area contributed by atoms with Gasteiger partial charge in [0.2, 0.25) is 0 Å². The lowest BCUT2D eigenvalue weighted by Gasteiger charge is -2.18. The topological polar surface area (TPSA) is 49.4 Å². The lowest BCUT2D eigenvalue weighted by Crippen LogP contribution is -2.35. The van der Waals surface area contributed by atoms with Gasteiger partial charge in [-0.1, -0.05) is 63.2 Å². The maximum absolute atomic E-state index is 12.5. The van der Waals surface area contributed by atoms with Crippen molar-refractivity contribution in [2.75, 3.05) is 5.01 Å². The Balaban J connectivity index is 1.88. The Labute approximate surface area is 141 Å². The van der Waals surface area contributed by atoms with Crippen molar-refractivity contribution in [1.82, 2.24) is 5.43 Å². The normalized spacial score (nSPS) is 16.6. The molecule has 24 heavy (non-hydrogen) atoms. The van der Waals surface area contributed by atoms with Gasteiger partial charge in [-0.25, -0.2) is 5.01 Å². The van der Waals surface area contributed by atoms with Gasteiger partial charge in [0.05, 0.1) is 5.69 Å². The molecular weight excluding hydrogens is 300 g/mol. The summed E-state index contributed by atoms with van der Waals surface area (Å²) in [5, 5.41) is 1.28. The number of nitrogens with zero attached hydrogens (tertiary/aromatic N) is 1. The molecule has 1 aliphatic heterocycles. The summed E-state index contributed by atoms with van der Waals surface area (Å²) in [4.78, 5) is 24.7. The van der Waals surface area contributed by atoms with Crippen molar-refractivity contribution in [1.29, 1.82) is 0 Å². The van der Waals surface area contributed by atoms with E-state index in [0.29, 0.717) is 5.69 Å². The largest absolute Gasteiger partial charge is 0.282 e. The van der Waals surface area contributed by atoms with Gasteiger partial charge in [0.25, 0.3) is 11.8 Å². The molecule has 4 heteroatoms. The average molecular weight is 320 g/mol. The molecule has 1 fully saturated rings. The molecule has 2 aromatic rings. The van der Waals surface area contributed by atoms with Crippen molar-refractivity contribution in [3.8, 4) is 0 Å². The van der Waals surface area contributed by atoms with E-state index in [1.54, 1.807) is 18.2 Å². The summed E-state index contributed by atoms with van der Waals surface area (Å²) in [7, 11) is 0. The molecule has 0 atom stereocenters. The Morgan fingerprint density at radius 3 is 2.12 bits per heavy atom. The van der Waals surface area contributed by atoms with E-state index in [9.17, 15) is 9.59 Å². The van der Waals surface area contributed by atoms with Gasteiger partial charge in [-0.05, 0) is 34.8 Å². The van der Waals surface area contributed by atoms with Gasteiger partial charge < -0.3 is 0 Å². The van der Waals surface area contributed by atoms with E-state index in [-0.39, 0.29) is 22.8 Å². The number of carbonyl (C=O) groups excluding carboxylic acids is 2. The van der Waals surface area contributed by atoms with Gasteiger partial charge in [-0.15, -0.1) is 0 Å². The first-order valence-electron chi connectivity index (χ1n) is 7.89. The molecule has 0 saturated carbocycles. The first-order valence-corrected chi connectivity index (χ1v) is 7.89. The number of benzene rings is 2. The van der Waals surface area contributed by atoms with Gasteiger partial charge in [-0.2, -0.15) is 0 Å². The van der Waals surface area contributed by atoms with Crippen LogP contribution in [0.5, 0.6) is 0 Å². The Hall–Kier alpha value is -2.88. The van der Waals surface area contributed by atoms with E-state index in [0.717, 1.165) is 5.56 Å². The number of rotatable bonds is 2. The van der Waals surface area contributed by atoms with Crippen LogP contribution in [0.15, 0.2) is 60.2 Å². The minimum atomic E-state index is -0.385. The van der Waals surface area contributed by atoms with Gasteiger partial charge in [-0.3, -0.25) is 15.0 Å². The number of anilines is 1. The Morgan fingerprint density at radius 1 is 0.917 bits per heavy atom. The summed E-state index contributed by atoms with van der Waals surface area (Å²) in [6, 6.07) is 17.0. The number of hydrogen-bond acceptors (Lipinski definition) is 2. The molecule has 1 heterocycles. The molecule has 4 nitrogen and oxygen atoms in total. The van der Waals surface area contributed by atoms with Crippen LogP contribution >= 0.6 is 0 Å². The third-order valence-electron chi connectivity index (χ3n) is 3.99. The number of carbonyl (C=O) groups is 2. The summed E-state index contributed by atoms with van der Waals surface area (Å²) in [6.07, 6.45) is 1.63. The average Bonchev–Trinajstić information content (AvgIpc) is 2.83. The predicted octanol–water partition coefficient (Wildman–Crippen LogP) is 3.45. The fourth-order valence-electron chi connectivity index (χ4n) is 2.56. The molecule has 0 unspecified atom stereocenters. The van der Waals surface area contributed by atoms with Gasteiger partial charge in [0, 0.05) is 0 Å². The maximum Gasteiger partial charge on any atom is 0.282 e. The Bertz CT molecular complexity index is 800. The van der Waals surface area contributed by atoms with Crippen LogP contribution < -0.4 is 10.4 Å². The molecule has 1 aliphatic rings. The first kappa shape index (κ1) is 16.0. The molecular formula is C20H20N2O2. The molecule has 1 saturated heterocycles. The monoisotopic (exact) mass is 320 g/mol. The first-order chi connectivity index (χ1) is 11.4. The van der Waals surface area contributed by atoms with E-state index >= 15 is 0 Å². The van der Waals surface area contributed by atoms with Crippen LogP contribution in [0.4, 0.5) is 5.69 Å². The quantitative estimate of drug-likeness (QED) is 0.680. The van der Waals surface area contributed by atoms with Crippen molar-refractivity contribution in [2.24, 2.45) is 0 Å². The van der Waals surface area contributed by atoms with Crippen molar-refractivity contribution in [2.45, 2.75) is 26.2 Å². The van der Waals surface area contributed by atoms with E-state index < -0.39 is 0 Å². The minimum absolute atomic E-state index is 0.0658. The Kier molecular flexibility index (Phi) is 3.97. The molecule has 0 aliphatic carbocycles. The molecule has 1 N–H and O–H groups in total. The number of hydrazine groups is 1. The summed E-state index contributed by atoms with van der Waals surface area (Å²) in [6.45, 7) is 6.43. The summed E-state index contributed by atoms with van der Waals surface area (Å²) >= 11 is 0.